The molecule has 1 aliphatic carbocycles. The molecule has 0 unspecified atom stereocenters. The van der Waals surface area contributed by atoms with E-state index in [-0.39, 0.29) is 26.2 Å². The molecule has 0 aliphatic heterocycles. The number of fused-ring (bicyclic) bond motifs is 3. The van der Waals surface area contributed by atoms with Crippen LogP contribution in [0.3, 0.4) is 0 Å². The van der Waals surface area contributed by atoms with Gasteiger partial charge in [0.2, 0.25) is 0 Å². The standard InChI is InChI=1S/C14H11.Zr/c1-10-5-4-8-13-12-7-3-2-6-11(12)9-14(10)13;/h2-8H,1,9H2;/q-1;. The first-order valence-corrected chi connectivity index (χ1v) is 4.88. The van der Waals surface area contributed by atoms with E-state index < -0.39 is 0 Å². The molecule has 72 valence electrons. The number of rotatable bonds is 0. The van der Waals surface area contributed by atoms with Crippen LogP contribution in [0.15, 0.2) is 42.5 Å². The van der Waals surface area contributed by atoms with Gasteiger partial charge >= 0.3 is 0 Å². The van der Waals surface area contributed by atoms with E-state index in [1.54, 1.807) is 0 Å². The van der Waals surface area contributed by atoms with Crippen molar-refractivity contribution in [1.29, 1.82) is 0 Å². The van der Waals surface area contributed by atoms with Crippen LogP contribution in [0.1, 0.15) is 16.7 Å². The minimum absolute atomic E-state index is 0. The van der Waals surface area contributed by atoms with Gasteiger partial charge in [-0.2, -0.15) is 18.6 Å². The molecular formula is C14H11Zr-. The van der Waals surface area contributed by atoms with Crippen LogP contribution in [0.2, 0.25) is 0 Å². The molecule has 0 bridgehead atoms. The monoisotopic (exact) mass is 269 g/mol. The van der Waals surface area contributed by atoms with Crippen molar-refractivity contribution in [2.75, 3.05) is 0 Å². The molecule has 0 atom stereocenters. The van der Waals surface area contributed by atoms with Crippen LogP contribution in [0.25, 0.3) is 11.1 Å². The second-order valence-corrected chi connectivity index (χ2v) is 3.78. The zero-order valence-corrected chi connectivity index (χ0v) is 10.9. The molecular weight excluding hydrogens is 259 g/mol. The molecule has 0 nitrogen and oxygen atoms in total. The topological polar surface area (TPSA) is 0 Å². The van der Waals surface area contributed by atoms with Crippen LogP contribution in [0.4, 0.5) is 0 Å². The molecule has 0 radical (unpaired) electrons. The largest absolute Gasteiger partial charge is 0.198 e. The third-order valence-electron chi connectivity index (χ3n) is 2.95. The van der Waals surface area contributed by atoms with E-state index in [9.17, 15) is 0 Å². The fourth-order valence-electron chi connectivity index (χ4n) is 2.22. The SMILES string of the molecule is [CH2-]c1cccc2c1Cc1ccccc1-2.[Zr]. The average Bonchev–Trinajstić information content (AvgIpc) is 2.59. The third kappa shape index (κ3) is 1.59. The molecule has 0 spiro atoms. The summed E-state index contributed by atoms with van der Waals surface area (Å²) in [6.45, 7) is 4.08. The minimum Gasteiger partial charge on any atom is -0.198 e. The first kappa shape index (κ1) is 10.7. The summed E-state index contributed by atoms with van der Waals surface area (Å²) in [5.41, 5.74) is 6.74. The van der Waals surface area contributed by atoms with Crippen LogP contribution < -0.4 is 0 Å². The second-order valence-electron chi connectivity index (χ2n) is 3.78. The molecule has 3 rings (SSSR count). The molecule has 2 aromatic rings. The Morgan fingerprint density at radius 2 is 1.60 bits per heavy atom. The maximum absolute atomic E-state index is 4.08. The van der Waals surface area contributed by atoms with Crippen LogP contribution in [0.5, 0.6) is 0 Å². The Bertz CT molecular complexity index is 500. The van der Waals surface area contributed by atoms with E-state index in [4.69, 9.17) is 0 Å². The van der Waals surface area contributed by atoms with E-state index >= 15 is 0 Å². The van der Waals surface area contributed by atoms with Gasteiger partial charge in [-0.15, -0.1) is 11.6 Å². The molecule has 0 saturated carbocycles. The van der Waals surface area contributed by atoms with Crippen molar-refractivity contribution >= 4 is 0 Å². The van der Waals surface area contributed by atoms with Gasteiger partial charge in [-0.1, -0.05) is 35.9 Å². The Hall–Kier alpha value is -0.807. The van der Waals surface area contributed by atoms with Gasteiger partial charge in [-0.05, 0) is 17.5 Å². The Kier molecular flexibility index (Phi) is 2.84. The number of hydrogen-bond acceptors (Lipinski definition) is 0. The van der Waals surface area contributed by atoms with Crippen molar-refractivity contribution in [1.82, 2.24) is 0 Å². The normalized spacial score (nSPS) is 11.5. The molecule has 0 aromatic heterocycles. The second kappa shape index (κ2) is 3.98. The maximum Gasteiger partial charge on any atom is 0 e. The summed E-state index contributed by atoms with van der Waals surface area (Å²) in [6, 6.07) is 15.0. The van der Waals surface area contributed by atoms with Gasteiger partial charge in [-0.25, -0.2) is 0 Å². The minimum atomic E-state index is 0. The molecule has 0 saturated heterocycles. The summed E-state index contributed by atoms with van der Waals surface area (Å²) in [6.07, 6.45) is 1.05. The Morgan fingerprint density at radius 1 is 0.867 bits per heavy atom. The number of hydrogen-bond donors (Lipinski definition) is 0. The first-order valence-electron chi connectivity index (χ1n) is 4.88. The van der Waals surface area contributed by atoms with Gasteiger partial charge in [0.25, 0.3) is 0 Å². The van der Waals surface area contributed by atoms with E-state index in [2.05, 4.69) is 49.4 Å². The molecule has 0 amide bonds. The molecule has 1 heteroatoms. The predicted molar refractivity (Wildman–Crippen MR) is 59.1 cm³/mol. The van der Waals surface area contributed by atoms with Gasteiger partial charge in [-0.3, -0.25) is 0 Å². The van der Waals surface area contributed by atoms with Gasteiger partial charge in [0.05, 0.1) is 0 Å². The fraction of sp³-hybridized carbons (Fsp3) is 0.0714. The fourth-order valence-corrected chi connectivity index (χ4v) is 2.22. The Morgan fingerprint density at radius 3 is 2.47 bits per heavy atom. The van der Waals surface area contributed by atoms with Gasteiger partial charge in [0, 0.05) is 26.2 Å². The summed E-state index contributed by atoms with van der Waals surface area (Å²) in [7, 11) is 0. The zero-order valence-electron chi connectivity index (χ0n) is 8.46. The van der Waals surface area contributed by atoms with E-state index in [1.807, 2.05) is 0 Å². The molecule has 2 aromatic carbocycles. The smallest absolute Gasteiger partial charge is 0 e. The summed E-state index contributed by atoms with van der Waals surface area (Å²) >= 11 is 0. The van der Waals surface area contributed by atoms with E-state index in [0.717, 1.165) is 6.42 Å². The van der Waals surface area contributed by atoms with Crippen LogP contribution in [-0.4, -0.2) is 0 Å². The molecule has 0 fully saturated rings. The van der Waals surface area contributed by atoms with Gasteiger partial charge in [0.15, 0.2) is 0 Å². The van der Waals surface area contributed by atoms with Crippen LogP contribution >= 0.6 is 0 Å². The molecule has 1 aliphatic rings. The maximum atomic E-state index is 4.08. The van der Waals surface area contributed by atoms with Crippen LogP contribution in [0, 0.1) is 6.92 Å². The van der Waals surface area contributed by atoms with Crippen molar-refractivity contribution < 1.29 is 26.2 Å². The zero-order chi connectivity index (χ0) is 9.54. The van der Waals surface area contributed by atoms with Crippen molar-refractivity contribution in [3.63, 3.8) is 0 Å². The van der Waals surface area contributed by atoms with E-state index in [1.165, 1.54) is 27.8 Å². The van der Waals surface area contributed by atoms with Crippen molar-refractivity contribution in [3.8, 4) is 11.1 Å². The average molecular weight is 270 g/mol. The van der Waals surface area contributed by atoms with Crippen molar-refractivity contribution in [3.05, 3.63) is 66.1 Å². The first-order chi connectivity index (χ1) is 6.86. The molecule has 0 heterocycles. The number of benzene rings is 2. The summed E-state index contributed by atoms with van der Waals surface area (Å²) in [5.74, 6) is 0. The Labute approximate surface area is 109 Å². The van der Waals surface area contributed by atoms with Crippen molar-refractivity contribution in [2.24, 2.45) is 0 Å². The van der Waals surface area contributed by atoms with Crippen molar-refractivity contribution in [2.45, 2.75) is 6.42 Å². The summed E-state index contributed by atoms with van der Waals surface area (Å²) < 4.78 is 0. The van der Waals surface area contributed by atoms with Gasteiger partial charge < -0.3 is 0 Å². The molecule has 15 heavy (non-hydrogen) atoms. The summed E-state index contributed by atoms with van der Waals surface area (Å²) in [4.78, 5) is 0. The quantitative estimate of drug-likeness (QED) is 0.549. The third-order valence-corrected chi connectivity index (χ3v) is 2.95. The van der Waals surface area contributed by atoms with E-state index in [0.29, 0.717) is 0 Å². The predicted octanol–water partition coefficient (Wildman–Crippen LogP) is 3.44. The summed E-state index contributed by atoms with van der Waals surface area (Å²) in [5, 5.41) is 0. The Balaban J connectivity index is 0.000000853. The molecule has 0 N–H and O–H groups in total. The van der Waals surface area contributed by atoms with Crippen LogP contribution in [-0.2, 0) is 32.6 Å². The van der Waals surface area contributed by atoms with Gasteiger partial charge in [0.1, 0.15) is 0 Å².